The van der Waals surface area contributed by atoms with Gasteiger partial charge in [0.15, 0.2) is 0 Å². The fourth-order valence-electron chi connectivity index (χ4n) is 4.47. The number of anilines is 2. The monoisotopic (exact) mass is 486 g/mol. The fourth-order valence-corrected chi connectivity index (χ4v) is 5.58. The summed E-state index contributed by atoms with van der Waals surface area (Å²) < 4.78 is 1.02. The lowest BCUT2D eigenvalue weighted by molar-refractivity contribution is -0.0601. The Balaban J connectivity index is 1.79. The van der Waals surface area contributed by atoms with Crippen molar-refractivity contribution in [1.29, 1.82) is 0 Å². The van der Waals surface area contributed by atoms with Gasteiger partial charge in [0.05, 0.1) is 39.4 Å². The third-order valence-corrected chi connectivity index (χ3v) is 7.23. The molecular weight excluding hydrogens is 452 g/mol. The van der Waals surface area contributed by atoms with Crippen LogP contribution < -0.4 is 10.6 Å². The number of aliphatic hydroxyl groups excluding tert-OH is 2. The fraction of sp³-hybridized carbons (Fsp3) is 0.583. The van der Waals surface area contributed by atoms with Crippen molar-refractivity contribution in [3.63, 3.8) is 0 Å². The maximum absolute atomic E-state index is 10.8. The zero-order valence-electron chi connectivity index (χ0n) is 20.7. The molecule has 3 aromatic rings. The maximum Gasteiger partial charge on any atom is 0.225 e. The number of aliphatic hydroxyl groups is 3. The second-order valence-electron chi connectivity index (χ2n) is 10.7. The number of thiazole rings is 1. The van der Waals surface area contributed by atoms with E-state index in [4.69, 9.17) is 9.97 Å². The summed E-state index contributed by atoms with van der Waals surface area (Å²) in [7, 11) is 0. The SMILES string of the molecule is Cc1nc(NC(C)(C)C)nc(N[C@@H]2C[C@H](C(C)(C)O)[C@@H](O)[C@H]2O)c1-c1nc2c(C)nccc2s1. The highest BCUT2D eigenvalue weighted by atomic mass is 32.1. The minimum atomic E-state index is -1.13. The number of hydrogen-bond acceptors (Lipinski definition) is 10. The van der Waals surface area contributed by atoms with Gasteiger partial charge in [-0.1, -0.05) is 0 Å². The third-order valence-electron chi connectivity index (χ3n) is 6.19. The average Bonchev–Trinajstić information content (AvgIpc) is 3.23. The lowest BCUT2D eigenvalue weighted by Crippen LogP contribution is -2.40. The Bertz CT molecular complexity index is 1200. The number of nitrogens with zero attached hydrogens (tertiary/aromatic N) is 4. The third kappa shape index (κ3) is 4.86. The van der Waals surface area contributed by atoms with Gasteiger partial charge in [-0.15, -0.1) is 11.3 Å². The van der Waals surface area contributed by atoms with Gasteiger partial charge in [0.2, 0.25) is 5.95 Å². The molecule has 4 rings (SSSR count). The Morgan fingerprint density at radius 1 is 1.00 bits per heavy atom. The van der Waals surface area contributed by atoms with Crippen LogP contribution in [0.15, 0.2) is 12.3 Å². The summed E-state index contributed by atoms with van der Waals surface area (Å²) in [6.45, 7) is 13.2. The van der Waals surface area contributed by atoms with Gasteiger partial charge in [0, 0.05) is 17.7 Å². The maximum atomic E-state index is 10.8. The molecule has 34 heavy (non-hydrogen) atoms. The topological polar surface area (TPSA) is 136 Å². The molecule has 0 aromatic carbocycles. The lowest BCUT2D eigenvalue weighted by atomic mass is 9.88. The van der Waals surface area contributed by atoms with Crippen LogP contribution in [0.1, 0.15) is 52.4 Å². The first-order valence-corrected chi connectivity index (χ1v) is 12.3. The standard InChI is InChI=1S/C24H34N6O3S/c1-11-16(21-28-17-12(2)25-9-8-15(17)34-21)20(29-22(26-11)30-23(3,4)5)27-14-10-13(24(6,7)33)18(31)19(14)32/h8-9,13-14,18-19,31-33H,10H2,1-7H3,(H2,26,27,29,30)/t13-,14+,18+,19-/m0/s1. The Morgan fingerprint density at radius 2 is 1.71 bits per heavy atom. The van der Waals surface area contributed by atoms with E-state index in [9.17, 15) is 15.3 Å². The van der Waals surface area contributed by atoms with Gasteiger partial charge >= 0.3 is 0 Å². The van der Waals surface area contributed by atoms with Crippen LogP contribution in [-0.4, -0.2) is 64.6 Å². The molecule has 0 aliphatic heterocycles. The van der Waals surface area contributed by atoms with Crippen molar-refractivity contribution < 1.29 is 15.3 Å². The molecule has 0 saturated heterocycles. The van der Waals surface area contributed by atoms with E-state index in [1.165, 1.54) is 11.3 Å². The molecule has 0 radical (unpaired) electrons. The molecule has 0 unspecified atom stereocenters. The second kappa shape index (κ2) is 8.67. The number of hydrogen-bond donors (Lipinski definition) is 5. The highest BCUT2D eigenvalue weighted by molar-refractivity contribution is 7.21. The van der Waals surface area contributed by atoms with Crippen LogP contribution in [0, 0.1) is 19.8 Å². The van der Waals surface area contributed by atoms with E-state index < -0.39 is 29.8 Å². The predicted octanol–water partition coefficient (Wildman–Crippen LogP) is 3.27. The van der Waals surface area contributed by atoms with E-state index in [0.717, 1.165) is 32.2 Å². The van der Waals surface area contributed by atoms with Crippen LogP contribution in [0.2, 0.25) is 0 Å². The van der Waals surface area contributed by atoms with Gasteiger partial charge in [-0.2, -0.15) is 4.98 Å². The molecule has 0 spiro atoms. The van der Waals surface area contributed by atoms with Crippen molar-refractivity contribution >= 4 is 33.3 Å². The van der Waals surface area contributed by atoms with Crippen molar-refractivity contribution in [2.45, 2.75) is 84.3 Å². The molecule has 4 atom stereocenters. The van der Waals surface area contributed by atoms with Gasteiger partial charge in [-0.05, 0) is 61.0 Å². The Labute approximate surface area is 203 Å². The smallest absolute Gasteiger partial charge is 0.225 e. The van der Waals surface area contributed by atoms with Crippen LogP contribution in [0.25, 0.3) is 20.8 Å². The van der Waals surface area contributed by atoms with Crippen LogP contribution in [0.4, 0.5) is 11.8 Å². The van der Waals surface area contributed by atoms with Crippen molar-refractivity contribution in [2.75, 3.05) is 10.6 Å². The molecule has 1 aliphatic rings. The van der Waals surface area contributed by atoms with E-state index in [2.05, 4.69) is 20.6 Å². The summed E-state index contributed by atoms with van der Waals surface area (Å²) in [5, 5.41) is 39.3. The molecule has 5 N–H and O–H groups in total. The van der Waals surface area contributed by atoms with Gasteiger partial charge < -0.3 is 26.0 Å². The number of nitrogens with one attached hydrogen (secondary N) is 2. The molecule has 3 heterocycles. The zero-order valence-corrected chi connectivity index (χ0v) is 21.5. The quantitative estimate of drug-likeness (QED) is 0.368. The van der Waals surface area contributed by atoms with E-state index in [-0.39, 0.29) is 5.54 Å². The number of aryl methyl sites for hydroxylation is 2. The first-order chi connectivity index (χ1) is 15.7. The Morgan fingerprint density at radius 3 is 2.29 bits per heavy atom. The lowest BCUT2D eigenvalue weighted by Gasteiger charge is -2.28. The zero-order chi connectivity index (χ0) is 25.0. The van der Waals surface area contributed by atoms with E-state index >= 15 is 0 Å². The normalized spacial score (nSPS) is 23.5. The van der Waals surface area contributed by atoms with E-state index in [1.807, 2.05) is 40.7 Å². The van der Waals surface area contributed by atoms with Crippen molar-refractivity contribution in [3.05, 3.63) is 23.7 Å². The summed E-state index contributed by atoms with van der Waals surface area (Å²) in [4.78, 5) is 18.6. The summed E-state index contributed by atoms with van der Waals surface area (Å²) in [6.07, 6.45) is 0.0535. The second-order valence-corrected chi connectivity index (χ2v) is 11.8. The molecule has 1 fully saturated rings. The molecule has 184 valence electrons. The van der Waals surface area contributed by atoms with Gasteiger partial charge in [-0.25, -0.2) is 9.97 Å². The molecule has 1 saturated carbocycles. The largest absolute Gasteiger partial charge is 0.390 e. The first kappa shape index (κ1) is 24.7. The molecule has 3 aromatic heterocycles. The van der Waals surface area contributed by atoms with Gasteiger partial charge in [0.25, 0.3) is 0 Å². The minimum absolute atomic E-state index is 0.251. The van der Waals surface area contributed by atoms with Crippen LogP contribution in [0.3, 0.4) is 0 Å². The minimum Gasteiger partial charge on any atom is -0.390 e. The summed E-state index contributed by atoms with van der Waals surface area (Å²) >= 11 is 1.53. The number of pyridine rings is 1. The van der Waals surface area contributed by atoms with Crippen molar-refractivity contribution in [1.82, 2.24) is 19.9 Å². The molecule has 9 nitrogen and oxygen atoms in total. The summed E-state index contributed by atoms with van der Waals surface area (Å²) in [6, 6.07) is 1.44. The number of aromatic nitrogens is 4. The molecular formula is C24H34N6O3S. The molecule has 0 bridgehead atoms. The van der Waals surface area contributed by atoms with E-state index in [0.29, 0.717) is 18.2 Å². The van der Waals surface area contributed by atoms with Gasteiger partial charge in [-0.3, -0.25) is 4.98 Å². The van der Waals surface area contributed by atoms with Gasteiger partial charge in [0.1, 0.15) is 22.4 Å². The average molecular weight is 487 g/mol. The van der Waals surface area contributed by atoms with Crippen LogP contribution >= 0.6 is 11.3 Å². The Hall–Kier alpha value is -2.40. The summed E-state index contributed by atoms with van der Waals surface area (Å²) in [5.41, 5.74) is 1.79. The van der Waals surface area contributed by atoms with Crippen molar-refractivity contribution in [2.24, 2.45) is 5.92 Å². The Kier molecular flexibility index (Phi) is 6.30. The highest BCUT2D eigenvalue weighted by Crippen LogP contribution is 2.40. The highest BCUT2D eigenvalue weighted by Gasteiger charge is 2.48. The molecule has 1 aliphatic carbocycles. The molecule has 10 heteroatoms. The summed E-state index contributed by atoms with van der Waals surface area (Å²) in [5.74, 6) is 0.508. The predicted molar refractivity (Wildman–Crippen MR) is 135 cm³/mol. The number of rotatable bonds is 5. The van der Waals surface area contributed by atoms with E-state index in [1.54, 1.807) is 20.0 Å². The number of fused-ring (bicyclic) bond motifs is 1. The van der Waals surface area contributed by atoms with Crippen LogP contribution in [-0.2, 0) is 0 Å². The molecule has 0 amide bonds. The van der Waals surface area contributed by atoms with Crippen molar-refractivity contribution in [3.8, 4) is 10.6 Å². The van der Waals surface area contributed by atoms with Crippen LogP contribution in [0.5, 0.6) is 0 Å². The first-order valence-electron chi connectivity index (χ1n) is 11.5.